The molecule has 0 radical (unpaired) electrons. The van der Waals surface area contributed by atoms with E-state index >= 15 is 0 Å². The average Bonchev–Trinajstić information content (AvgIpc) is 3.65. The molecule has 3 amide bonds. The third-order valence-corrected chi connectivity index (χ3v) is 11.8. The Morgan fingerprint density at radius 1 is 1.10 bits per heavy atom. The van der Waals surface area contributed by atoms with Gasteiger partial charge in [0.2, 0.25) is 17.7 Å². The smallest absolute Gasteiger partial charge is 0.305 e. The van der Waals surface area contributed by atoms with Crippen molar-refractivity contribution >= 4 is 62.4 Å². The number of thiazole rings is 1. The number of carbonyl (C=O) groups is 3. The van der Waals surface area contributed by atoms with E-state index in [1.54, 1.807) is 43.1 Å². The highest BCUT2D eigenvalue weighted by molar-refractivity contribution is 9.10. The number of nitrogens with one attached hydrogen (secondary N) is 2. The number of carbonyl (C=O) groups excluding carboxylic acids is 3. The Bertz CT molecular complexity index is 1570. The van der Waals surface area contributed by atoms with Gasteiger partial charge >= 0.3 is 4.87 Å². The lowest BCUT2D eigenvalue weighted by Gasteiger charge is -2.43. The van der Waals surface area contributed by atoms with Crippen LogP contribution in [-0.4, -0.2) is 46.5 Å². The second-order valence-electron chi connectivity index (χ2n) is 10.6. The van der Waals surface area contributed by atoms with E-state index < -0.39 is 17.7 Å². The molecule has 0 spiro atoms. The second kappa shape index (κ2) is 9.35. The maximum Gasteiger partial charge on any atom is 0.305 e. The predicted molar refractivity (Wildman–Crippen MR) is 151 cm³/mol. The number of aromatic nitrogens is 1. The number of rotatable bonds is 5. The Morgan fingerprint density at radius 3 is 2.56 bits per heavy atom. The Morgan fingerprint density at radius 2 is 1.85 bits per heavy atom. The first-order valence-corrected chi connectivity index (χ1v) is 15.3. The van der Waals surface area contributed by atoms with Crippen LogP contribution in [0.5, 0.6) is 5.75 Å². The SMILES string of the molecule is COc1ccc(NC(=O)CN2C(=O)C3C4CC(C3C2=O)C2C4Sc3[nH]c(=O)sc3[C@@H]2c2cccc(Br)c2)cc1. The van der Waals surface area contributed by atoms with Gasteiger partial charge in [0.15, 0.2) is 0 Å². The number of methoxy groups -OCH3 is 1. The van der Waals surface area contributed by atoms with Crippen LogP contribution in [0.3, 0.4) is 0 Å². The van der Waals surface area contributed by atoms with E-state index in [4.69, 9.17) is 4.74 Å². The van der Waals surface area contributed by atoms with Crippen LogP contribution in [0.15, 0.2) is 62.8 Å². The molecule has 11 heteroatoms. The van der Waals surface area contributed by atoms with Crippen LogP contribution in [0.1, 0.15) is 22.8 Å². The molecular formula is C28H24BrN3O5S2. The molecule has 6 unspecified atom stereocenters. The third kappa shape index (κ3) is 3.92. The Labute approximate surface area is 240 Å². The molecule has 39 heavy (non-hydrogen) atoms. The van der Waals surface area contributed by atoms with E-state index in [2.05, 4.69) is 38.4 Å². The van der Waals surface area contributed by atoms with Crippen LogP contribution in [0.4, 0.5) is 5.69 Å². The molecule has 2 N–H and O–H groups in total. The van der Waals surface area contributed by atoms with Crippen molar-refractivity contribution in [1.82, 2.24) is 9.88 Å². The van der Waals surface area contributed by atoms with Gasteiger partial charge in [0.25, 0.3) is 0 Å². The number of imide groups is 1. The summed E-state index contributed by atoms with van der Waals surface area (Å²) in [5.74, 6) is -0.946. The van der Waals surface area contributed by atoms with Gasteiger partial charge in [-0.05, 0) is 66.1 Å². The normalized spacial score (nSPS) is 30.2. The number of benzene rings is 2. The number of thioether (sulfide) groups is 1. The lowest BCUT2D eigenvalue weighted by atomic mass is 9.68. The monoisotopic (exact) mass is 625 g/mol. The maximum absolute atomic E-state index is 13.7. The Hall–Kier alpha value is -2.89. The van der Waals surface area contributed by atoms with Crippen molar-refractivity contribution in [1.29, 1.82) is 0 Å². The maximum atomic E-state index is 13.7. The Balaban J connectivity index is 1.17. The summed E-state index contributed by atoms with van der Waals surface area (Å²) in [5, 5.41) is 3.78. The summed E-state index contributed by atoms with van der Waals surface area (Å²) in [5.41, 5.74) is 1.67. The molecule has 7 atom stereocenters. The van der Waals surface area contributed by atoms with E-state index in [1.165, 1.54) is 16.2 Å². The molecular weight excluding hydrogens is 602 g/mol. The number of ether oxygens (including phenoxy) is 1. The second-order valence-corrected chi connectivity index (χ2v) is 13.7. The van der Waals surface area contributed by atoms with E-state index in [0.717, 1.165) is 26.4 Å². The fourth-order valence-electron chi connectivity index (χ4n) is 7.33. The summed E-state index contributed by atoms with van der Waals surface area (Å²) in [7, 11) is 1.57. The molecule has 2 aromatic carbocycles. The fraction of sp³-hybridized carbons (Fsp3) is 0.357. The van der Waals surface area contributed by atoms with Gasteiger partial charge in [-0.15, -0.1) is 11.8 Å². The molecule has 2 aliphatic heterocycles. The minimum absolute atomic E-state index is 0.0120. The highest BCUT2D eigenvalue weighted by Crippen LogP contribution is 2.68. The minimum Gasteiger partial charge on any atom is -0.497 e. The first kappa shape index (κ1) is 25.1. The predicted octanol–water partition coefficient (Wildman–Crippen LogP) is 4.32. The molecule has 7 rings (SSSR count). The molecule has 2 saturated carbocycles. The molecule has 1 aromatic heterocycles. The summed E-state index contributed by atoms with van der Waals surface area (Å²) < 4.78 is 6.11. The molecule has 3 fully saturated rings. The number of likely N-dealkylation sites (tertiary alicyclic amines) is 1. The third-order valence-electron chi connectivity index (χ3n) is 8.70. The van der Waals surface area contributed by atoms with Gasteiger partial charge in [-0.2, -0.15) is 0 Å². The van der Waals surface area contributed by atoms with E-state index in [0.29, 0.717) is 11.4 Å². The molecule has 2 aliphatic carbocycles. The first-order valence-electron chi connectivity index (χ1n) is 12.8. The molecule has 8 nitrogen and oxygen atoms in total. The van der Waals surface area contributed by atoms with E-state index in [9.17, 15) is 19.2 Å². The lowest BCUT2D eigenvalue weighted by Crippen LogP contribution is -2.42. The number of hydrogen-bond donors (Lipinski definition) is 2. The number of fused-ring (bicyclic) bond motifs is 9. The molecule has 2 bridgehead atoms. The van der Waals surface area contributed by atoms with Crippen LogP contribution in [-0.2, 0) is 14.4 Å². The van der Waals surface area contributed by atoms with Crippen molar-refractivity contribution in [3.63, 3.8) is 0 Å². The van der Waals surface area contributed by atoms with Gasteiger partial charge in [-0.25, -0.2) is 0 Å². The molecule has 4 aliphatic rings. The average molecular weight is 627 g/mol. The zero-order valence-electron chi connectivity index (χ0n) is 20.8. The molecule has 3 heterocycles. The minimum atomic E-state index is -0.426. The summed E-state index contributed by atoms with van der Waals surface area (Å²) in [6.45, 7) is -0.297. The number of anilines is 1. The van der Waals surface area contributed by atoms with Crippen LogP contribution in [0, 0.1) is 29.6 Å². The first-order chi connectivity index (χ1) is 18.8. The quantitative estimate of drug-likeness (QED) is 0.409. The topological polar surface area (TPSA) is 109 Å². The van der Waals surface area contributed by atoms with Crippen molar-refractivity contribution in [2.24, 2.45) is 29.6 Å². The number of amides is 3. The molecule has 3 aromatic rings. The van der Waals surface area contributed by atoms with Crippen LogP contribution in [0.2, 0.25) is 0 Å². The number of aromatic amines is 1. The summed E-state index contributed by atoms with van der Waals surface area (Å²) in [6.07, 6.45) is 0.810. The van der Waals surface area contributed by atoms with Gasteiger partial charge in [-0.3, -0.25) is 24.1 Å². The standard InChI is InChI=1S/C28H24BrN3O5S2/c1-37-15-7-5-14(6-8-15)30-18(33)11-32-26(34)21-16-10-17(22(21)27(32)35)23-20(16)19(12-3-2-4-13(29)9-12)24-25(38-23)31-28(36)39-24/h2-9,16-17,19-23H,10-11H2,1H3,(H,30,33)(H,31,36)/t16?,17?,19-,20?,21?,22?,23?/m1/s1. The molecule has 200 valence electrons. The van der Waals surface area contributed by atoms with Crippen molar-refractivity contribution in [2.45, 2.75) is 22.6 Å². The zero-order valence-corrected chi connectivity index (χ0v) is 24.0. The van der Waals surface area contributed by atoms with Crippen molar-refractivity contribution in [2.75, 3.05) is 19.0 Å². The molecule has 1 saturated heterocycles. The van der Waals surface area contributed by atoms with Gasteiger partial charge in [0, 0.05) is 26.2 Å². The van der Waals surface area contributed by atoms with Crippen LogP contribution in [0.25, 0.3) is 0 Å². The largest absolute Gasteiger partial charge is 0.497 e. The zero-order chi connectivity index (χ0) is 27.0. The van der Waals surface area contributed by atoms with Gasteiger partial charge in [-0.1, -0.05) is 39.4 Å². The fourth-order valence-corrected chi connectivity index (χ4v) is 10.6. The van der Waals surface area contributed by atoms with Crippen LogP contribution < -0.4 is 14.9 Å². The summed E-state index contributed by atoms with van der Waals surface area (Å²) in [4.78, 5) is 57.7. The summed E-state index contributed by atoms with van der Waals surface area (Å²) in [6, 6.07) is 15.0. The van der Waals surface area contributed by atoms with Gasteiger partial charge in [0.05, 0.1) is 24.0 Å². The highest BCUT2D eigenvalue weighted by atomic mass is 79.9. The number of hydrogen-bond acceptors (Lipinski definition) is 7. The number of nitrogens with zero attached hydrogens (tertiary/aromatic N) is 1. The lowest BCUT2D eigenvalue weighted by molar-refractivity contribution is -0.143. The van der Waals surface area contributed by atoms with Crippen molar-refractivity contribution in [3.05, 3.63) is 73.1 Å². The number of halogens is 1. The van der Waals surface area contributed by atoms with Crippen LogP contribution >= 0.6 is 39.0 Å². The van der Waals surface area contributed by atoms with Crippen molar-refractivity contribution in [3.8, 4) is 5.75 Å². The number of H-pyrrole nitrogens is 1. The van der Waals surface area contributed by atoms with Crippen molar-refractivity contribution < 1.29 is 19.1 Å². The van der Waals surface area contributed by atoms with Gasteiger partial charge in [0.1, 0.15) is 12.3 Å². The van der Waals surface area contributed by atoms with Gasteiger partial charge < -0.3 is 15.0 Å². The Kier molecular flexibility index (Phi) is 6.02. The summed E-state index contributed by atoms with van der Waals surface area (Å²) >= 11 is 6.49. The van der Waals surface area contributed by atoms with E-state index in [1.807, 2.05) is 12.1 Å². The van der Waals surface area contributed by atoms with E-state index in [-0.39, 0.29) is 52.2 Å². The highest BCUT2D eigenvalue weighted by Gasteiger charge is 2.69.